The maximum Gasteiger partial charge on any atom is 0.346 e. The predicted octanol–water partition coefficient (Wildman–Crippen LogP) is 17.8. The molecule has 0 radical (unpaired) electrons. The summed E-state index contributed by atoms with van der Waals surface area (Å²) in [5.41, 5.74) is 5.71. The molecule has 5 heterocycles. The third kappa shape index (κ3) is 13.0. The first-order chi connectivity index (χ1) is 34.1. The summed E-state index contributed by atoms with van der Waals surface area (Å²) in [6.07, 6.45) is 21.8. The fourth-order valence-corrected chi connectivity index (χ4v) is 12.2. The van der Waals surface area contributed by atoms with Crippen LogP contribution in [0.5, 0.6) is 0 Å². The number of carboxylic acids is 2. The van der Waals surface area contributed by atoms with E-state index in [2.05, 4.69) is 162 Å². The molecule has 0 aliphatic carbocycles. The molecule has 0 spiro atoms. The molecule has 0 unspecified atom stereocenters. The molecule has 0 fully saturated rings. The summed E-state index contributed by atoms with van der Waals surface area (Å²) in [5, 5.41) is 27.6. The smallest absolute Gasteiger partial charge is 0.346 e. The van der Waals surface area contributed by atoms with Crippen LogP contribution in [0.15, 0.2) is 145 Å². The molecule has 12 heteroatoms. The molecule has 8 rings (SSSR count). The molecule has 0 saturated carbocycles. The van der Waals surface area contributed by atoms with Crippen LogP contribution < -0.4 is 4.90 Å². The summed E-state index contributed by atoms with van der Waals surface area (Å²) >= 11 is 8.09. The molecule has 3 aromatic carbocycles. The fourth-order valence-electron chi connectivity index (χ4n) is 7.37. The van der Waals surface area contributed by atoms with E-state index in [9.17, 15) is 19.8 Å². The number of aryl methyl sites for hydroxylation is 1. The average molecular weight is 1010 g/mol. The van der Waals surface area contributed by atoms with E-state index in [1.165, 1.54) is 70.3 Å². The standard InChI is InChI=1S/C58H45N3O4S5/c1-3-4-5-6-7-46-26-27-47(66-46)23-14-39-8-17-43(18-9-39)61(44-19-10-40(11-20-44)15-24-48-28-32-53(67-48)55-34-30-50(69-55)36-42(38-59)57(62)63)45-21-12-41(13-22-45)16-25-49-29-33-54(68-49)56-35-31-51(70-56)37-52(60-2)58(64)65/h8-37H,3-7H2,1H3,(H,62,63)(H,64,65)/b23-14+,24-15+,25-16+,42-36+,52-37-. The first-order valence-electron chi connectivity index (χ1n) is 22.5. The highest BCUT2D eigenvalue weighted by Crippen LogP contribution is 2.39. The second-order valence-electron chi connectivity index (χ2n) is 16.0. The van der Waals surface area contributed by atoms with Gasteiger partial charge in [0.2, 0.25) is 0 Å². The van der Waals surface area contributed by atoms with Gasteiger partial charge < -0.3 is 15.1 Å². The van der Waals surface area contributed by atoms with E-state index in [4.69, 9.17) is 11.8 Å². The minimum atomic E-state index is -1.23. The van der Waals surface area contributed by atoms with Gasteiger partial charge in [0, 0.05) is 65.8 Å². The van der Waals surface area contributed by atoms with E-state index in [1.54, 1.807) is 28.7 Å². The molecule has 0 atom stereocenters. The number of benzene rings is 3. The summed E-state index contributed by atoms with van der Waals surface area (Å²) < 4.78 is 0. The predicted molar refractivity (Wildman–Crippen MR) is 299 cm³/mol. The van der Waals surface area contributed by atoms with Crippen molar-refractivity contribution in [3.05, 3.63) is 202 Å². The van der Waals surface area contributed by atoms with Crippen LogP contribution in [-0.4, -0.2) is 22.2 Å². The Labute approximate surface area is 428 Å². The Kier molecular flexibility index (Phi) is 16.6. The molecule has 0 saturated heterocycles. The Hall–Kier alpha value is -7.42. The Morgan fingerprint density at radius 2 is 0.943 bits per heavy atom. The number of unbranched alkanes of at least 4 members (excludes halogenated alkanes) is 3. The number of nitrogens with zero attached hydrogens (tertiary/aromatic N) is 3. The lowest BCUT2D eigenvalue weighted by molar-refractivity contribution is -0.133. The molecule has 7 nitrogen and oxygen atoms in total. The number of aliphatic carboxylic acids is 2. The number of anilines is 3. The first-order valence-corrected chi connectivity index (χ1v) is 26.5. The maximum absolute atomic E-state index is 11.3. The zero-order valence-electron chi connectivity index (χ0n) is 37.9. The van der Waals surface area contributed by atoms with Crippen LogP contribution in [0.2, 0.25) is 0 Å². The molecule has 0 bridgehead atoms. The normalized spacial score (nSPS) is 12.0. The highest BCUT2D eigenvalue weighted by atomic mass is 32.1. The lowest BCUT2D eigenvalue weighted by Crippen LogP contribution is -2.09. The quantitative estimate of drug-likeness (QED) is 0.0341. The average Bonchev–Trinajstić information content (AvgIpc) is 4.25. The molecular formula is C58H45N3O4S5. The second-order valence-corrected chi connectivity index (χ2v) is 21.6. The van der Waals surface area contributed by atoms with Gasteiger partial charge in [-0.05, 0) is 157 Å². The summed E-state index contributed by atoms with van der Waals surface area (Å²) in [6.45, 7) is 9.39. The van der Waals surface area contributed by atoms with Crippen LogP contribution in [0.3, 0.4) is 0 Å². The summed E-state index contributed by atoms with van der Waals surface area (Å²) in [7, 11) is 0. The van der Waals surface area contributed by atoms with E-state index in [0.29, 0.717) is 4.88 Å². The zero-order chi connectivity index (χ0) is 48.8. The highest BCUT2D eigenvalue weighted by Gasteiger charge is 2.14. The van der Waals surface area contributed by atoms with Crippen molar-refractivity contribution in [2.45, 2.75) is 39.0 Å². The molecule has 5 aromatic heterocycles. The third-order valence-electron chi connectivity index (χ3n) is 11.0. The monoisotopic (exact) mass is 1010 g/mol. The van der Waals surface area contributed by atoms with E-state index in [0.717, 1.165) is 74.3 Å². The van der Waals surface area contributed by atoms with Crippen LogP contribution in [-0.2, 0) is 16.0 Å². The van der Waals surface area contributed by atoms with Crippen molar-refractivity contribution in [1.29, 1.82) is 5.26 Å². The maximum atomic E-state index is 11.3. The van der Waals surface area contributed by atoms with Gasteiger partial charge >= 0.3 is 11.9 Å². The molecule has 0 aliphatic rings. The summed E-state index contributed by atoms with van der Waals surface area (Å²) in [6, 6.07) is 47.8. The van der Waals surface area contributed by atoms with E-state index in [1.807, 2.05) is 35.6 Å². The van der Waals surface area contributed by atoms with Crippen molar-refractivity contribution in [1.82, 2.24) is 0 Å². The van der Waals surface area contributed by atoms with E-state index >= 15 is 0 Å². The van der Waals surface area contributed by atoms with Crippen LogP contribution >= 0.6 is 56.7 Å². The van der Waals surface area contributed by atoms with Gasteiger partial charge in [-0.25, -0.2) is 9.64 Å². The number of carbonyl (C=O) groups is 2. The summed E-state index contributed by atoms with van der Waals surface area (Å²) in [5.74, 6) is -2.46. The van der Waals surface area contributed by atoms with Crippen molar-refractivity contribution < 1.29 is 19.8 Å². The van der Waals surface area contributed by atoms with Crippen molar-refractivity contribution in [2.24, 2.45) is 0 Å². The molecule has 0 amide bonds. The third-order valence-corrected chi connectivity index (χ3v) is 16.6. The second kappa shape index (κ2) is 23.7. The topological polar surface area (TPSA) is 106 Å². The van der Waals surface area contributed by atoms with Gasteiger partial charge in [-0.15, -0.1) is 56.7 Å². The van der Waals surface area contributed by atoms with Gasteiger partial charge in [0.15, 0.2) is 0 Å². The van der Waals surface area contributed by atoms with Crippen LogP contribution in [0.4, 0.5) is 17.1 Å². The molecule has 0 aliphatic heterocycles. The van der Waals surface area contributed by atoms with Crippen molar-refractivity contribution in [2.75, 3.05) is 4.90 Å². The minimum Gasteiger partial charge on any atom is -0.486 e. The Bertz CT molecular complexity index is 3170. The van der Waals surface area contributed by atoms with Gasteiger partial charge in [-0.1, -0.05) is 80.8 Å². The SMILES string of the molecule is [C-]#[N+]/C(=C\c1ccc(-c2ccc(/C=C/c3ccc(N(c4ccc(/C=C/c5ccc(CCCCCC)s5)cc4)c4ccc(/C=C/c5ccc(-c6ccc(/C=C(\C#N)C(=O)O)s6)s5)cc4)cc3)s2)s1)C(=O)O. The van der Waals surface area contributed by atoms with Gasteiger partial charge in [-0.2, -0.15) is 5.26 Å². The lowest BCUT2D eigenvalue weighted by atomic mass is 10.1. The number of thiophene rings is 5. The van der Waals surface area contributed by atoms with E-state index in [-0.39, 0.29) is 11.3 Å². The van der Waals surface area contributed by atoms with Crippen molar-refractivity contribution in [3.63, 3.8) is 0 Å². The lowest BCUT2D eigenvalue weighted by Gasteiger charge is -2.26. The minimum absolute atomic E-state index is 0.289. The van der Waals surface area contributed by atoms with Gasteiger partial charge in [0.1, 0.15) is 11.6 Å². The number of nitriles is 1. The van der Waals surface area contributed by atoms with Gasteiger partial charge in [0.05, 0.1) is 6.57 Å². The number of hydrogen-bond donors (Lipinski definition) is 2. The zero-order valence-corrected chi connectivity index (χ0v) is 42.0. The molecule has 70 heavy (non-hydrogen) atoms. The summed E-state index contributed by atoms with van der Waals surface area (Å²) in [4.78, 5) is 38.5. The van der Waals surface area contributed by atoms with Gasteiger partial charge in [-0.3, -0.25) is 4.79 Å². The fraction of sp³-hybridized carbons (Fsp3) is 0.103. The van der Waals surface area contributed by atoms with Crippen LogP contribution in [0.1, 0.15) is 78.6 Å². The Morgan fingerprint density at radius 1 is 0.529 bits per heavy atom. The molecule has 8 aromatic rings. The largest absolute Gasteiger partial charge is 0.486 e. The number of hydrogen-bond acceptors (Lipinski definition) is 9. The van der Waals surface area contributed by atoms with Crippen molar-refractivity contribution in [3.8, 4) is 25.6 Å². The first kappa shape index (κ1) is 49.0. The highest BCUT2D eigenvalue weighted by molar-refractivity contribution is 7.23. The number of rotatable bonds is 20. The van der Waals surface area contributed by atoms with Gasteiger partial charge in [0.25, 0.3) is 5.70 Å². The molecular weight excluding hydrogens is 963 g/mol. The van der Waals surface area contributed by atoms with Crippen LogP contribution in [0, 0.1) is 17.9 Å². The molecule has 346 valence electrons. The Morgan fingerprint density at radius 3 is 1.36 bits per heavy atom. The van der Waals surface area contributed by atoms with E-state index < -0.39 is 11.9 Å². The number of carboxylic acid groups (broad SMARTS) is 2. The van der Waals surface area contributed by atoms with Crippen molar-refractivity contribution >= 4 is 134 Å². The molecule has 2 N–H and O–H groups in total. The van der Waals surface area contributed by atoms with Crippen LogP contribution in [0.25, 0.3) is 73.0 Å². The Balaban J connectivity index is 0.991.